The fraction of sp³-hybridized carbons (Fsp3) is 0.105. The highest BCUT2D eigenvalue weighted by atomic mass is 35.5. The summed E-state index contributed by atoms with van der Waals surface area (Å²) in [5.41, 5.74) is 0.495. The highest BCUT2D eigenvalue weighted by Gasteiger charge is 2.36. The van der Waals surface area contributed by atoms with Gasteiger partial charge in [-0.05, 0) is 48.2 Å². The third-order valence-electron chi connectivity index (χ3n) is 3.80. The lowest BCUT2D eigenvalue weighted by atomic mass is 10.2. The van der Waals surface area contributed by atoms with Gasteiger partial charge in [0, 0.05) is 10.6 Å². The first-order valence-corrected chi connectivity index (χ1v) is 9.22. The Kier molecular flexibility index (Phi) is 6.01. The van der Waals surface area contributed by atoms with Crippen LogP contribution in [-0.4, -0.2) is 35.6 Å². The molecule has 3 amide bonds. The number of anilines is 1. The van der Waals surface area contributed by atoms with E-state index in [-0.39, 0.29) is 10.6 Å². The number of hydrogen-bond acceptors (Lipinski definition) is 5. The molecule has 1 fully saturated rings. The van der Waals surface area contributed by atoms with Gasteiger partial charge in [-0.15, -0.1) is 0 Å². The Morgan fingerprint density at radius 3 is 2.75 bits per heavy atom. The number of nitrogens with zero attached hydrogens (tertiary/aromatic N) is 1. The van der Waals surface area contributed by atoms with E-state index in [1.807, 2.05) is 0 Å². The van der Waals surface area contributed by atoms with Crippen LogP contribution in [0.1, 0.15) is 5.56 Å². The van der Waals surface area contributed by atoms with Crippen molar-refractivity contribution in [3.05, 3.63) is 63.8 Å². The Hall–Kier alpha value is -2.84. The third kappa shape index (κ3) is 4.35. The molecule has 0 unspecified atom stereocenters. The van der Waals surface area contributed by atoms with Crippen LogP contribution in [0, 0.1) is 5.82 Å². The zero-order chi connectivity index (χ0) is 20.3. The van der Waals surface area contributed by atoms with E-state index in [0.717, 1.165) is 4.90 Å². The van der Waals surface area contributed by atoms with Gasteiger partial charge in [0.1, 0.15) is 18.1 Å². The highest BCUT2D eigenvalue weighted by molar-refractivity contribution is 8.18. The van der Waals surface area contributed by atoms with E-state index in [4.69, 9.17) is 16.3 Å². The van der Waals surface area contributed by atoms with Crippen LogP contribution in [-0.2, 0) is 9.59 Å². The fourth-order valence-electron chi connectivity index (χ4n) is 2.49. The molecule has 9 heteroatoms. The number of carbonyl (C=O) groups is 3. The normalized spacial score (nSPS) is 15.2. The number of ether oxygens (including phenoxy) is 1. The molecule has 0 spiro atoms. The molecular formula is C19H14ClFN2O4S. The van der Waals surface area contributed by atoms with Crippen LogP contribution in [0.15, 0.2) is 47.4 Å². The predicted octanol–water partition coefficient (Wildman–Crippen LogP) is 4.16. The van der Waals surface area contributed by atoms with Crippen molar-refractivity contribution in [2.24, 2.45) is 0 Å². The molecule has 1 N–H and O–H groups in total. The molecule has 144 valence electrons. The summed E-state index contributed by atoms with van der Waals surface area (Å²) in [5, 5.41) is 2.19. The lowest BCUT2D eigenvalue weighted by Gasteiger charge is -2.12. The number of carbonyl (C=O) groups excluding carboxylic acids is 3. The van der Waals surface area contributed by atoms with Crippen molar-refractivity contribution < 1.29 is 23.5 Å². The summed E-state index contributed by atoms with van der Waals surface area (Å²) in [5.74, 6) is -1.44. The summed E-state index contributed by atoms with van der Waals surface area (Å²) in [6.07, 6.45) is 1.48. The van der Waals surface area contributed by atoms with Gasteiger partial charge < -0.3 is 10.1 Å². The summed E-state index contributed by atoms with van der Waals surface area (Å²) >= 11 is 6.67. The Bertz CT molecular complexity index is 996. The molecule has 0 aliphatic carbocycles. The van der Waals surface area contributed by atoms with E-state index >= 15 is 0 Å². The number of para-hydroxylation sites is 1. The van der Waals surface area contributed by atoms with Crippen molar-refractivity contribution in [2.75, 3.05) is 19.0 Å². The fourth-order valence-corrected chi connectivity index (χ4v) is 3.50. The summed E-state index contributed by atoms with van der Waals surface area (Å²) in [6, 6.07) is 10.5. The van der Waals surface area contributed by atoms with Crippen molar-refractivity contribution in [1.29, 1.82) is 0 Å². The van der Waals surface area contributed by atoms with Crippen LogP contribution < -0.4 is 10.1 Å². The second-order valence-corrected chi connectivity index (χ2v) is 7.11. The minimum absolute atomic E-state index is 0.0290. The van der Waals surface area contributed by atoms with Crippen LogP contribution >= 0.6 is 23.4 Å². The van der Waals surface area contributed by atoms with Crippen LogP contribution in [0.5, 0.6) is 5.75 Å². The zero-order valence-corrected chi connectivity index (χ0v) is 16.1. The molecule has 1 aliphatic rings. The monoisotopic (exact) mass is 420 g/mol. The maximum Gasteiger partial charge on any atom is 0.294 e. The van der Waals surface area contributed by atoms with Crippen molar-refractivity contribution in [3.8, 4) is 5.75 Å². The van der Waals surface area contributed by atoms with Gasteiger partial charge in [0.2, 0.25) is 5.91 Å². The molecule has 0 atom stereocenters. The quantitative estimate of drug-likeness (QED) is 0.735. The molecule has 0 aromatic heterocycles. The van der Waals surface area contributed by atoms with Gasteiger partial charge in [0.05, 0.1) is 17.7 Å². The average Bonchev–Trinajstić information content (AvgIpc) is 2.91. The Morgan fingerprint density at radius 2 is 2.04 bits per heavy atom. The van der Waals surface area contributed by atoms with Crippen molar-refractivity contribution >= 4 is 52.2 Å². The molecule has 28 heavy (non-hydrogen) atoms. The van der Waals surface area contributed by atoms with E-state index < -0.39 is 29.4 Å². The molecule has 3 rings (SSSR count). The van der Waals surface area contributed by atoms with Gasteiger partial charge in [0.15, 0.2) is 0 Å². The molecule has 1 aliphatic heterocycles. The maximum absolute atomic E-state index is 13.6. The Morgan fingerprint density at radius 1 is 1.29 bits per heavy atom. The van der Waals surface area contributed by atoms with E-state index in [1.54, 1.807) is 24.3 Å². The Balaban J connectivity index is 1.76. The van der Waals surface area contributed by atoms with Gasteiger partial charge in [-0.3, -0.25) is 19.3 Å². The van der Waals surface area contributed by atoms with Crippen LogP contribution in [0.25, 0.3) is 6.08 Å². The average molecular weight is 421 g/mol. The molecule has 2 aromatic carbocycles. The maximum atomic E-state index is 13.6. The summed E-state index contributed by atoms with van der Waals surface area (Å²) in [7, 11) is 1.47. The number of amides is 3. The molecular weight excluding hydrogens is 407 g/mol. The standard InChI is InChI=1S/C19H14ClFN2O4S/c1-27-15-7-6-12(20)8-11(15)9-16-18(25)23(19(26)28-16)10-17(24)22-14-5-3-2-4-13(14)21/h2-9H,10H2,1H3,(H,22,24). The van der Waals surface area contributed by atoms with E-state index in [2.05, 4.69) is 5.32 Å². The number of hydrogen-bond donors (Lipinski definition) is 1. The lowest BCUT2D eigenvalue weighted by Crippen LogP contribution is -2.36. The predicted molar refractivity (Wildman–Crippen MR) is 106 cm³/mol. The van der Waals surface area contributed by atoms with Crippen molar-refractivity contribution in [2.45, 2.75) is 0 Å². The number of thioether (sulfide) groups is 1. The SMILES string of the molecule is COc1ccc(Cl)cc1C=C1SC(=O)N(CC(=O)Nc2ccccc2F)C1=O. The molecule has 0 bridgehead atoms. The number of rotatable bonds is 5. The number of nitrogens with one attached hydrogen (secondary N) is 1. The highest BCUT2D eigenvalue weighted by Crippen LogP contribution is 2.34. The molecule has 0 saturated carbocycles. The number of methoxy groups -OCH3 is 1. The van der Waals surface area contributed by atoms with Crippen molar-refractivity contribution in [1.82, 2.24) is 4.90 Å². The molecule has 1 saturated heterocycles. The molecule has 1 heterocycles. The Labute approximate surface area is 169 Å². The van der Waals surface area contributed by atoms with Crippen LogP contribution in [0.2, 0.25) is 5.02 Å². The first-order valence-electron chi connectivity index (χ1n) is 8.02. The summed E-state index contributed by atoms with van der Waals surface area (Å²) in [4.78, 5) is 37.8. The van der Waals surface area contributed by atoms with Crippen LogP contribution in [0.3, 0.4) is 0 Å². The minimum atomic E-state index is -0.686. The topological polar surface area (TPSA) is 75.7 Å². The minimum Gasteiger partial charge on any atom is -0.496 e. The number of imide groups is 1. The van der Waals surface area contributed by atoms with Gasteiger partial charge in [-0.25, -0.2) is 4.39 Å². The summed E-state index contributed by atoms with van der Waals surface area (Å²) in [6.45, 7) is -0.525. The van der Waals surface area contributed by atoms with Gasteiger partial charge in [-0.1, -0.05) is 23.7 Å². The van der Waals surface area contributed by atoms with Gasteiger partial charge in [0.25, 0.3) is 11.1 Å². The number of benzene rings is 2. The lowest BCUT2D eigenvalue weighted by molar-refractivity contribution is -0.127. The second-order valence-electron chi connectivity index (χ2n) is 5.68. The third-order valence-corrected chi connectivity index (χ3v) is 4.94. The molecule has 6 nitrogen and oxygen atoms in total. The smallest absolute Gasteiger partial charge is 0.294 e. The van der Waals surface area contributed by atoms with E-state index in [1.165, 1.54) is 31.4 Å². The summed E-state index contributed by atoms with van der Waals surface area (Å²) < 4.78 is 18.8. The van der Waals surface area contributed by atoms with Crippen LogP contribution in [0.4, 0.5) is 14.9 Å². The first kappa shape index (κ1) is 19.9. The van der Waals surface area contributed by atoms with E-state index in [9.17, 15) is 18.8 Å². The largest absolute Gasteiger partial charge is 0.496 e. The molecule has 0 radical (unpaired) electrons. The van der Waals surface area contributed by atoms with Gasteiger partial charge >= 0.3 is 0 Å². The van der Waals surface area contributed by atoms with Gasteiger partial charge in [-0.2, -0.15) is 0 Å². The zero-order valence-electron chi connectivity index (χ0n) is 14.6. The van der Waals surface area contributed by atoms with E-state index in [0.29, 0.717) is 28.1 Å². The molecule has 2 aromatic rings. The second kappa shape index (κ2) is 8.45. The van der Waals surface area contributed by atoms with Crippen molar-refractivity contribution in [3.63, 3.8) is 0 Å². The number of halogens is 2. The first-order chi connectivity index (χ1) is 13.4.